The van der Waals surface area contributed by atoms with Gasteiger partial charge in [-0.3, -0.25) is 14.6 Å². The van der Waals surface area contributed by atoms with Crippen LogP contribution in [0.4, 0.5) is 0 Å². The lowest BCUT2D eigenvalue weighted by molar-refractivity contribution is 0.0773. The molecule has 0 fully saturated rings. The first-order valence-electron chi connectivity index (χ1n) is 9.67. The second-order valence-corrected chi connectivity index (χ2v) is 6.97. The maximum absolute atomic E-state index is 12.7. The summed E-state index contributed by atoms with van der Waals surface area (Å²) in [6.07, 6.45) is 3.47. The molecule has 29 heavy (non-hydrogen) atoms. The lowest BCUT2D eigenvalue weighted by Gasteiger charge is -2.18. The molecule has 0 atom stereocenters. The predicted octanol–water partition coefficient (Wildman–Crippen LogP) is 3.63. The van der Waals surface area contributed by atoms with Crippen LogP contribution in [0.25, 0.3) is 33.1 Å². The second kappa shape index (κ2) is 7.47. The van der Waals surface area contributed by atoms with Gasteiger partial charge in [0.2, 0.25) is 0 Å². The number of rotatable bonds is 4. The van der Waals surface area contributed by atoms with E-state index in [2.05, 4.69) is 4.98 Å². The van der Waals surface area contributed by atoms with E-state index in [4.69, 9.17) is 4.98 Å². The van der Waals surface area contributed by atoms with E-state index >= 15 is 0 Å². The third-order valence-corrected chi connectivity index (χ3v) is 5.22. The monoisotopic (exact) mass is 386 g/mol. The Morgan fingerprint density at radius 2 is 1.83 bits per heavy atom. The Morgan fingerprint density at radius 3 is 2.59 bits per heavy atom. The molecule has 6 heteroatoms. The maximum Gasteiger partial charge on any atom is 0.258 e. The van der Waals surface area contributed by atoms with E-state index < -0.39 is 0 Å². The zero-order valence-corrected chi connectivity index (χ0v) is 16.7. The number of amides is 1. The minimum atomic E-state index is -0.0294. The first-order chi connectivity index (χ1) is 14.0. The van der Waals surface area contributed by atoms with Crippen molar-refractivity contribution in [1.82, 2.24) is 19.4 Å². The Hall–Kier alpha value is -3.54. The number of fused-ring (bicyclic) bond motifs is 2. The van der Waals surface area contributed by atoms with Gasteiger partial charge < -0.3 is 9.47 Å². The van der Waals surface area contributed by atoms with Crippen LogP contribution in [0.15, 0.2) is 59.7 Å². The standard InChI is InChI=1S/C23H22N4O2/c1-4-27(5-2)22(28)17-7-9-19-20(13-17)25-21(14-24-19)16-6-8-18-15(12-16)10-11-26(3)23(18)29/h6-14H,4-5H2,1-3H3. The average Bonchev–Trinajstić information content (AvgIpc) is 2.76. The van der Waals surface area contributed by atoms with Crippen LogP contribution in [0.5, 0.6) is 0 Å². The summed E-state index contributed by atoms with van der Waals surface area (Å²) in [6, 6.07) is 13.0. The Bertz CT molecular complexity index is 1290. The fraction of sp³-hybridized carbons (Fsp3) is 0.217. The summed E-state index contributed by atoms with van der Waals surface area (Å²) >= 11 is 0. The van der Waals surface area contributed by atoms with Crippen molar-refractivity contribution >= 4 is 27.7 Å². The van der Waals surface area contributed by atoms with Gasteiger partial charge in [-0.05, 0) is 55.6 Å². The van der Waals surface area contributed by atoms with Crippen LogP contribution in [-0.2, 0) is 7.05 Å². The first-order valence-corrected chi connectivity index (χ1v) is 9.67. The third-order valence-electron chi connectivity index (χ3n) is 5.22. The molecule has 4 aromatic rings. The molecule has 0 unspecified atom stereocenters. The highest BCUT2D eigenvalue weighted by molar-refractivity contribution is 5.97. The quantitative estimate of drug-likeness (QED) is 0.537. The minimum Gasteiger partial charge on any atom is -0.339 e. The zero-order chi connectivity index (χ0) is 20.5. The molecule has 0 spiro atoms. The smallest absolute Gasteiger partial charge is 0.258 e. The molecule has 2 heterocycles. The van der Waals surface area contributed by atoms with Crippen molar-refractivity contribution in [1.29, 1.82) is 0 Å². The first kappa shape index (κ1) is 18.8. The Kier molecular flexibility index (Phi) is 4.84. The van der Waals surface area contributed by atoms with Gasteiger partial charge >= 0.3 is 0 Å². The summed E-state index contributed by atoms with van der Waals surface area (Å²) in [6.45, 7) is 5.26. The van der Waals surface area contributed by atoms with Gasteiger partial charge in [-0.15, -0.1) is 0 Å². The number of aryl methyl sites for hydroxylation is 1. The van der Waals surface area contributed by atoms with Crippen LogP contribution in [0.1, 0.15) is 24.2 Å². The normalized spacial score (nSPS) is 11.1. The summed E-state index contributed by atoms with van der Waals surface area (Å²) < 4.78 is 1.56. The van der Waals surface area contributed by atoms with Gasteiger partial charge in [0.15, 0.2) is 0 Å². The van der Waals surface area contributed by atoms with Crippen LogP contribution in [0, 0.1) is 0 Å². The van der Waals surface area contributed by atoms with Gasteiger partial charge in [0.05, 0.1) is 22.9 Å². The lowest BCUT2D eigenvalue weighted by Crippen LogP contribution is -2.30. The number of hydrogen-bond donors (Lipinski definition) is 0. The number of carbonyl (C=O) groups is 1. The van der Waals surface area contributed by atoms with Crippen molar-refractivity contribution in [2.45, 2.75) is 13.8 Å². The molecule has 146 valence electrons. The average molecular weight is 386 g/mol. The Labute approximate surface area is 168 Å². The number of carbonyl (C=O) groups excluding carboxylic acids is 1. The number of benzene rings is 2. The van der Waals surface area contributed by atoms with Crippen LogP contribution in [-0.4, -0.2) is 38.4 Å². The molecule has 0 aliphatic rings. The highest BCUT2D eigenvalue weighted by Crippen LogP contribution is 2.23. The molecule has 2 aromatic carbocycles. The molecular weight excluding hydrogens is 364 g/mol. The van der Waals surface area contributed by atoms with Crippen LogP contribution >= 0.6 is 0 Å². The van der Waals surface area contributed by atoms with Gasteiger partial charge in [-0.2, -0.15) is 0 Å². The lowest BCUT2D eigenvalue weighted by atomic mass is 10.1. The van der Waals surface area contributed by atoms with Crippen molar-refractivity contribution in [3.63, 3.8) is 0 Å². The SMILES string of the molecule is CCN(CC)C(=O)c1ccc2ncc(-c3ccc4c(=O)n(C)ccc4c3)nc2c1. The Balaban J connectivity index is 1.78. The molecule has 0 aliphatic carbocycles. The highest BCUT2D eigenvalue weighted by Gasteiger charge is 2.14. The van der Waals surface area contributed by atoms with E-state index in [0.29, 0.717) is 35.2 Å². The number of hydrogen-bond acceptors (Lipinski definition) is 4. The van der Waals surface area contributed by atoms with Crippen molar-refractivity contribution in [2.24, 2.45) is 7.05 Å². The van der Waals surface area contributed by atoms with Crippen molar-refractivity contribution in [3.05, 3.63) is 70.8 Å². The van der Waals surface area contributed by atoms with Gasteiger partial charge in [0.25, 0.3) is 11.5 Å². The van der Waals surface area contributed by atoms with Gasteiger partial charge in [0, 0.05) is 42.8 Å². The summed E-state index contributed by atoms with van der Waals surface area (Å²) in [4.78, 5) is 35.9. The maximum atomic E-state index is 12.7. The van der Waals surface area contributed by atoms with E-state index in [9.17, 15) is 9.59 Å². The van der Waals surface area contributed by atoms with E-state index in [1.807, 2.05) is 44.2 Å². The fourth-order valence-electron chi connectivity index (χ4n) is 3.48. The zero-order valence-electron chi connectivity index (χ0n) is 16.7. The van der Waals surface area contributed by atoms with Crippen molar-refractivity contribution < 1.29 is 4.79 Å². The summed E-state index contributed by atoms with van der Waals surface area (Å²) in [5.74, 6) is -0.00865. The molecular formula is C23H22N4O2. The largest absolute Gasteiger partial charge is 0.339 e. The third kappa shape index (κ3) is 3.38. The molecule has 0 aliphatic heterocycles. The number of pyridine rings is 1. The van der Waals surface area contributed by atoms with E-state index in [-0.39, 0.29) is 11.5 Å². The molecule has 1 amide bonds. The Morgan fingerprint density at radius 1 is 1.03 bits per heavy atom. The summed E-state index contributed by atoms with van der Waals surface area (Å²) in [5, 5.41) is 1.53. The van der Waals surface area contributed by atoms with Crippen LogP contribution < -0.4 is 5.56 Å². The van der Waals surface area contributed by atoms with Crippen molar-refractivity contribution in [2.75, 3.05) is 13.1 Å². The molecule has 6 nitrogen and oxygen atoms in total. The molecule has 4 rings (SSSR count). The van der Waals surface area contributed by atoms with Crippen LogP contribution in [0.3, 0.4) is 0 Å². The van der Waals surface area contributed by atoms with E-state index in [1.165, 1.54) is 0 Å². The molecule has 0 saturated carbocycles. The second-order valence-electron chi connectivity index (χ2n) is 6.97. The van der Waals surface area contributed by atoms with Crippen LogP contribution in [0.2, 0.25) is 0 Å². The van der Waals surface area contributed by atoms with Gasteiger partial charge in [-0.25, -0.2) is 4.98 Å². The summed E-state index contributed by atoms with van der Waals surface area (Å²) in [5.41, 5.74) is 3.56. The topological polar surface area (TPSA) is 68.1 Å². The van der Waals surface area contributed by atoms with Gasteiger partial charge in [0.1, 0.15) is 0 Å². The molecule has 0 saturated heterocycles. The van der Waals surface area contributed by atoms with Gasteiger partial charge in [-0.1, -0.05) is 6.07 Å². The number of nitrogens with zero attached hydrogens (tertiary/aromatic N) is 4. The van der Waals surface area contributed by atoms with E-state index in [1.54, 1.807) is 41.0 Å². The summed E-state index contributed by atoms with van der Waals surface area (Å²) in [7, 11) is 1.74. The molecule has 2 aromatic heterocycles. The predicted molar refractivity (Wildman–Crippen MR) is 115 cm³/mol. The van der Waals surface area contributed by atoms with E-state index in [0.717, 1.165) is 16.5 Å². The minimum absolute atomic E-state index is 0.00865. The fourth-order valence-corrected chi connectivity index (χ4v) is 3.48. The molecule has 0 bridgehead atoms. The number of aromatic nitrogens is 3. The van der Waals surface area contributed by atoms with Crippen molar-refractivity contribution in [3.8, 4) is 11.3 Å². The molecule has 0 N–H and O–H groups in total. The highest BCUT2D eigenvalue weighted by atomic mass is 16.2. The molecule has 0 radical (unpaired) electrons.